The molecule has 0 unspecified atom stereocenters. The fourth-order valence-corrected chi connectivity index (χ4v) is 3.93. The molecule has 0 aliphatic carbocycles. The molecule has 0 radical (unpaired) electrons. The number of nitrogens with zero attached hydrogens (tertiary/aromatic N) is 1. The lowest BCUT2D eigenvalue weighted by molar-refractivity contribution is -0.137. The van der Waals surface area contributed by atoms with Crippen LogP contribution < -0.4 is 5.32 Å². The van der Waals surface area contributed by atoms with Crippen molar-refractivity contribution in [1.29, 1.82) is 0 Å². The van der Waals surface area contributed by atoms with Crippen LogP contribution in [0.5, 0.6) is 0 Å². The molecule has 126 valence electrons. The lowest BCUT2D eigenvalue weighted by Gasteiger charge is -2.31. The molecule has 0 spiro atoms. The molecule has 1 fully saturated rings. The lowest BCUT2D eigenvalue weighted by atomic mass is 10.2. The van der Waals surface area contributed by atoms with Gasteiger partial charge in [-0.05, 0) is 25.1 Å². The van der Waals surface area contributed by atoms with E-state index in [1.807, 2.05) is 6.92 Å². The van der Waals surface area contributed by atoms with E-state index in [1.165, 1.54) is 4.31 Å². The highest BCUT2D eigenvalue weighted by atomic mass is 35.5. The van der Waals surface area contributed by atoms with Crippen molar-refractivity contribution in [1.82, 2.24) is 9.62 Å². The summed E-state index contributed by atoms with van der Waals surface area (Å²) in [5.41, 5.74) is -1.14. The lowest BCUT2D eigenvalue weighted by Crippen LogP contribution is -2.51. The van der Waals surface area contributed by atoms with Gasteiger partial charge in [0, 0.05) is 25.7 Å². The molecule has 1 aromatic rings. The van der Waals surface area contributed by atoms with Gasteiger partial charge in [0.25, 0.3) is 0 Å². The Bertz CT molecular complexity index is 638. The third kappa shape index (κ3) is 4.05. The van der Waals surface area contributed by atoms with Crippen molar-refractivity contribution in [3.8, 4) is 0 Å². The van der Waals surface area contributed by atoms with Gasteiger partial charge >= 0.3 is 6.18 Å². The molecule has 1 aliphatic heterocycles. The summed E-state index contributed by atoms with van der Waals surface area (Å²) in [5, 5.41) is 2.55. The molecule has 0 amide bonds. The number of hydrogen-bond acceptors (Lipinski definition) is 3. The van der Waals surface area contributed by atoms with E-state index in [2.05, 4.69) is 5.32 Å². The van der Waals surface area contributed by atoms with Gasteiger partial charge in [0.2, 0.25) is 10.0 Å². The predicted molar refractivity (Wildman–Crippen MR) is 79.9 cm³/mol. The minimum absolute atomic E-state index is 0. The van der Waals surface area contributed by atoms with E-state index in [4.69, 9.17) is 11.6 Å². The maximum Gasteiger partial charge on any atom is 0.417 e. The molecule has 10 heteroatoms. The van der Waals surface area contributed by atoms with E-state index >= 15 is 0 Å². The molecule has 1 atom stereocenters. The van der Waals surface area contributed by atoms with Crippen LogP contribution in [-0.4, -0.2) is 38.4 Å². The fraction of sp³-hybridized carbons (Fsp3) is 0.500. The number of nitrogens with one attached hydrogen (secondary N) is 1. The Morgan fingerprint density at radius 1 is 1.36 bits per heavy atom. The topological polar surface area (TPSA) is 49.4 Å². The quantitative estimate of drug-likeness (QED) is 0.860. The zero-order valence-corrected chi connectivity index (χ0v) is 13.9. The second kappa shape index (κ2) is 6.92. The van der Waals surface area contributed by atoms with Gasteiger partial charge in [0.1, 0.15) is 0 Å². The Morgan fingerprint density at radius 3 is 2.55 bits per heavy atom. The van der Waals surface area contributed by atoms with Crippen molar-refractivity contribution in [2.24, 2.45) is 0 Å². The molecule has 1 aromatic carbocycles. The van der Waals surface area contributed by atoms with E-state index in [1.54, 1.807) is 0 Å². The molecule has 1 N–H and O–H groups in total. The van der Waals surface area contributed by atoms with Crippen molar-refractivity contribution in [3.63, 3.8) is 0 Å². The largest absolute Gasteiger partial charge is 0.417 e. The van der Waals surface area contributed by atoms with E-state index in [-0.39, 0.29) is 31.5 Å². The van der Waals surface area contributed by atoms with Gasteiger partial charge in [0.15, 0.2) is 0 Å². The van der Waals surface area contributed by atoms with Gasteiger partial charge in [-0.3, -0.25) is 0 Å². The maximum atomic E-state index is 12.8. The summed E-state index contributed by atoms with van der Waals surface area (Å²) in [7, 11) is -3.96. The summed E-state index contributed by atoms with van der Waals surface area (Å²) < 4.78 is 64.5. The summed E-state index contributed by atoms with van der Waals surface area (Å²) in [6.45, 7) is 2.70. The van der Waals surface area contributed by atoms with Crippen LogP contribution in [0, 0.1) is 0 Å². The van der Waals surface area contributed by atoms with Crippen molar-refractivity contribution >= 4 is 34.0 Å². The third-order valence-electron chi connectivity index (χ3n) is 3.21. The second-order valence-corrected chi connectivity index (χ2v) is 7.20. The van der Waals surface area contributed by atoms with Crippen LogP contribution in [0.1, 0.15) is 12.5 Å². The van der Waals surface area contributed by atoms with Gasteiger partial charge < -0.3 is 5.32 Å². The first-order valence-corrected chi connectivity index (χ1v) is 8.04. The molecule has 1 saturated heterocycles. The first kappa shape index (κ1) is 19.5. The van der Waals surface area contributed by atoms with E-state index < -0.39 is 31.7 Å². The Labute approximate surface area is 138 Å². The minimum Gasteiger partial charge on any atom is -0.312 e. The number of hydrogen-bond donors (Lipinski definition) is 1. The number of sulfonamides is 1. The van der Waals surface area contributed by atoms with Crippen LogP contribution in [-0.2, 0) is 16.2 Å². The van der Waals surface area contributed by atoms with Crippen LogP contribution in [0.15, 0.2) is 23.1 Å². The number of rotatable bonds is 2. The van der Waals surface area contributed by atoms with Crippen LogP contribution in [0.4, 0.5) is 13.2 Å². The number of halogens is 5. The minimum atomic E-state index is -4.70. The SMILES string of the molecule is C[C@H]1CN(S(=O)(=O)c2ccc(Cl)c(C(F)(F)F)c2)CCN1.Cl. The highest BCUT2D eigenvalue weighted by Crippen LogP contribution is 2.36. The third-order valence-corrected chi connectivity index (χ3v) is 5.40. The second-order valence-electron chi connectivity index (χ2n) is 4.86. The number of alkyl halides is 3. The molecule has 22 heavy (non-hydrogen) atoms. The van der Waals surface area contributed by atoms with Crippen molar-refractivity contribution in [2.75, 3.05) is 19.6 Å². The van der Waals surface area contributed by atoms with Gasteiger partial charge in [-0.15, -0.1) is 12.4 Å². The Hall–Kier alpha value is -0.540. The Kier molecular flexibility index (Phi) is 6.14. The van der Waals surface area contributed by atoms with E-state index in [0.29, 0.717) is 12.6 Å². The average Bonchev–Trinajstić information content (AvgIpc) is 2.37. The highest BCUT2D eigenvalue weighted by molar-refractivity contribution is 7.89. The van der Waals surface area contributed by atoms with Gasteiger partial charge in [0.05, 0.1) is 15.5 Å². The van der Waals surface area contributed by atoms with Crippen molar-refractivity contribution in [2.45, 2.75) is 24.0 Å². The van der Waals surface area contributed by atoms with Crippen LogP contribution in [0.2, 0.25) is 5.02 Å². The van der Waals surface area contributed by atoms with Gasteiger partial charge in [-0.1, -0.05) is 11.6 Å². The zero-order chi connectivity index (χ0) is 15.8. The van der Waals surface area contributed by atoms with Crippen LogP contribution in [0.25, 0.3) is 0 Å². The highest BCUT2D eigenvalue weighted by Gasteiger charge is 2.36. The molecule has 4 nitrogen and oxygen atoms in total. The monoisotopic (exact) mass is 378 g/mol. The molecule has 1 heterocycles. The summed E-state index contributed by atoms with van der Waals surface area (Å²) in [6.07, 6.45) is -4.70. The van der Waals surface area contributed by atoms with Crippen LogP contribution >= 0.6 is 24.0 Å². The zero-order valence-electron chi connectivity index (χ0n) is 11.5. The standard InChI is InChI=1S/C12H14ClF3N2O2S.ClH/c1-8-7-18(5-4-17-8)21(19,20)9-2-3-11(13)10(6-9)12(14,15)16;/h2-3,6,8,17H,4-5,7H2,1H3;1H/t8-;/m0./s1. The maximum absolute atomic E-state index is 12.8. The summed E-state index contributed by atoms with van der Waals surface area (Å²) in [4.78, 5) is -0.395. The molecule has 2 rings (SSSR count). The Balaban J connectivity index is 0.00000242. The van der Waals surface area contributed by atoms with E-state index in [0.717, 1.165) is 12.1 Å². The number of piperazine rings is 1. The molecule has 1 aliphatic rings. The van der Waals surface area contributed by atoms with Gasteiger partial charge in [-0.2, -0.15) is 17.5 Å². The smallest absolute Gasteiger partial charge is 0.312 e. The summed E-state index contributed by atoms with van der Waals surface area (Å²) in [6, 6.07) is 2.59. The first-order valence-electron chi connectivity index (χ1n) is 6.22. The predicted octanol–water partition coefficient (Wildman–Crippen LogP) is 2.76. The van der Waals surface area contributed by atoms with Gasteiger partial charge in [-0.25, -0.2) is 8.42 Å². The molecule has 0 saturated carbocycles. The molecule has 0 bridgehead atoms. The Morgan fingerprint density at radius 2 is 2.00 bits per heavy atom. The first-order chi connectivity index (χ1) is 9.62. The van der Waals surface area contributed by atoms with Crippen molar-refractivity contribution < 1.29 is 21.6 Å². The number of benzene rings is 1. The van der Waals surface area contributed by atoms with Crippen molar-refractivity contribution in [3.05, 3.63) is 28.8 Å². The average molecular weight is 379 g/mol. The molecule has 0 aromatic heterocycles. The molecular formula is C12H15Cl2F3N2O2S. The summed E-state index contributed by atoms with van der Waals surface area (Å²) in [5.74, 6) is 0. The summed E-state index contributed by atoms with van der Waals surface area (Å²) >= 11 is 5.50. The normalized spacial score (nSPS) is 20.5. The molecular weight excluding hydrogens is 364 g/mol. The fourth-order valence-electron chi connectivity index (χ4n) is 2.15. The van der Waals surface area contributed by atoms with E-state index in [9.17, 15) is 21.6 Å². The van der Waals surface area contributed by atoms with Crippen LogP contribution in [0.3, 0.4) is 0 Å².